The topological polar surface area (TPSA) is 17.0 Å². The van der Waals surface area contributed by atoms with E-state index in [2.05, 4.69) is 36.8 Å². The minimum atomic E-state index is -0.160. The van der Waals surface area contributed by atoms with E-state index in [0.29, 0.717) is 5.56 Å². The maximum absolute atomic E-state index is 13.2. The first-order valence-corrected chi connectivity index (χ1v) is 6.11. The molecule has 0 unspecified atom stereocenters. The van der Waals surface area contributed by atoms with E-state index < -0.39 is 0 Å². The molecule has 0 fully saturated rings. The highest BCUT2D eigenvalue weighted by Crippen LogP contribution is 2.17. The average Bonchev–Trinajstić information content (AvgIpc) is 2.58. The van der Waals surface area contributed by atoms with Crippen molar-refractivity contribution in [3.05, 3.63) is 52.6 Å². The Hall–Kier alpha value is -1.77. The lowest BCUT2D eigenvalue weighted by atomic mass is 10.2. The molecule has 0 bridgehead atoms. The van der Waals surface area contributed by atoms with Crippen molar-refractivity contribution in [3.63, 3.8) is 0 Å². The van der Waals surface area contributed by atoms with Crippen molar-refractivity contribution in [1.82, 2.24) is 4.57 Å². The third-order valence-electron chi connectivity index (χ3n) is 3.52. The van der Waals surface area contributed by atoms with Crippen LogP contribution in [0.1, 0.15) is 22.5 Å². The molecular formula is C15H19FN2. The highest BCUT2D eigenvalue weighted by molar-refractivity contribution is 5.46. The van der Waals surface area contributed by atoms with Gasteiger partial charge in [0.25, 0.3) is 0 Å². The third-order valence-corrected chi connectivity index (χ3v) is 3.52. The number of aryl methyl sites for hydroxylation is 2. The summed E-state index contributed by atoms with van der Waals surface area (Å²) in [6, 6.07) is 7.29. The lowest BCUT2D eigenvalue weighted by molar-refractivity contribution is 0.618. The van der Waals surface area contributed by atoms with Gasteiger partial charge in [0, 0.05) is 30.7 Å². The monoisotopic (exact) mass is 246 g/mol. The maximum atomic E-state index is 13.2. The van der Waals surface area contributed by atoms with Gasteiger partial charge in [-0.1, -0.05) is 0 Å². The number of anilines is 1. The zero-order valence-corrected chi connectivity index (χ0v) is 11.3. The number of nitrogens with one attached hydrogen (secondary N) is 1. The predicted molar refractivity (Wildman–Crippen MR) is 73.4 cm³/mol. The van der Waals surface area contributed by atoms with Gasteiger partial charge in [0.15, 0.2) is 0 Å². The van der Waals surface area contributed by atoms with Gasteiger partial charge in [-0.2, -0.15) is 0 Å². The van der Waals surface area contributed by atoms with Gasteiger partial charge in [-0.25, -0.2) is 4.39 Å². The highest BCUT2D eigenvalue weighted by Gasteiger charge is 2.06. The molecule has 0 saturated heterocycles. The van der Waals surface area contributed by atoms with Gasteiger partial charge in [-0.05, 0) is 56.2 Å². The van der Waals surface area contributed by atoms with Crippen molar-refractivity contribution >= 4 is 5.69 Å². The number of hydrogen-bond donors (Lipinski definition) is 1. The second kappa shape index (κ2) is 4.84. The zero-order chi connectivity index (χ0) is 13.3. The standard InChI is InChI=1S/C15H19FN2/c1-10-7-14(5-6-15(10)16)17-9-13-8-11(2)18(4)12(13)3/h5-8,17H,9H2,1-4H3. The summed E-state index contributed by atoms with van der Waals surface area (Å²) in [5.74, 6) is -0.160. The van der Waals surface area contributed by atoms with E-state index >= 15 is 0 Å². The molecule has 2 nitrogen and oxygen atoms in total. The predicted octanol–water partition coefficient (Wildman–Crippen LogP) is 3.70. The smallest absolute Gasteiger partial charge is 0.126 e. The van der Waals surface area contributed by atoms with Gasteiger partial charge < -0.3 is 9.88 Å². The van der Waals surface area contributed by atoms with Gasteiger partial charge in [0.2, 0.25) is 0 Å². The quantitative estimate of drug-likeness (QED) is 0.873. The zero-order valence-electron chi connectivity index (χ0n) is 11.3. The average molecular weight is 246 g/mol. The molecular weight excluding hydrogens is 227 g/mol. The first-order valence-electron chi connectivity index (χ1n) is 6.11. The van der Waals surface area contributed by atoms with E-state index in [0.717, 1.165) is 12.2 Å². The summed E-state index contributed by atoms with van der Waals surface area (Å²) in [5.41, 5.74) is 5.41. The molecule has 0 aliphatic rings. The molecule has 0 amide bonds. The molecule has 0 aliphatic carbocycles. The highest BCUT2D eigenvalue weighted by atomic mass is 19.1. The minimum Gasteiger partial charge on any atom is -0.381 e. The Labute approximate surface area is 107 Å². The van der Waals surface area contributed by atoms with Gasteiger partial charge in [-0.15, -0.1) is 0 Å². The van der Waals surface area contributed by atoms with Crippen molar-refractivity contribution in [1.29, 1.82) is 0 Å². The third kappa shape index (κ3) is 2.40. The Kier molecular flexibility index (Phi) is 3.41. The van der Waals surface area contributed by atoms with Crippen LogP contribution in [0.3, 0.4) is 0 Å². The van der Waals surface area contributed by atoms with Crippen molar-refractivity contribution in [2.24, 2.45) is 7.05 Å². The number of halogens is 1. The normalized spacial score (nSPS) is 10.7. The molecule has 1 N–H and O–H groups in total. The molecule has 0 saturated carbocycles. The van der Waals surface area contributed by atoms with Crippen LogP contribution in [-0.4, -0.2) is 4.57 Å². The lowest BCUT2D eigenvalue weighted by Gasteiger charge is -2.08. The van der Waals surface area contributed by atoms with E-state index in [1.54, 1.807) is 13.0 Å². The maximum Gasteiger partial charge on any atom is 0.126 e. The van der Waals surface area contributed by atoms with Crippen LogP contribution in [-0.2, 0) is 13.6 Å². The summed E-state index contributed by atoms with van der Waals surface area (Å²) in [6.45, 7) is 6.75. The molecule has 1 heterocycles. The summed E-state index contributed by atoms with van der Waals surface area (Å²) in [4.78, 5) is 0. The van der Waals surface area contributed by atoms with E-state index in [-0.39, 0.29) is 5.82 Å². The summed E-state index contributed by atoms with van der Waals surface area (Å²) in [6.07, 6.45) is 0. The fourth-order valence-electron chi connectivity index (χ4n) is 2.06. The molecule has 1 aromatic heterocycles. The van der Waals surface area contributed by atoms with Crippen molar-refractivity contribution < 1.29 is 4.39 Å². The molecule has 2 aromatic rings. The van der Waals surface area contributed by atoms with E-state index in [1.807, 2.05) is 6.07 Å². The second-order valence-corrected chi connectivity index (χ2v) is 4.77. The Morgan fingerprint density at radius 1 is 1.17 bits per heavy atom. The molecule has 2 rings (SSSR count). The van der Waals surface area contributed by atoms with Crippen molar-refractivity contribution in [3.8, 4) is 0 Å². The molecule has 1 aromatic carbocycles. The summed E-state index contributed by atoms with van der Waals surface area (Å²) >= 11 is 0. The first-order chi connectivity index (χ1) is 8.49. The number of hydrogen-bond acceptors (Lipinski definition) is 1. The van der Waals surface area contributed by atoms with Gasteiger partial charge >= 0.3 is 0 Å². The first kappa shape index (κ1) is 12.7. The van der Waals surface area contributed by atoms with Crippen LogP contribution in [0.25, 0.3) is 0 Å². The van der Waals surface area contributed by atoms with Crippen LogP contribution >= 0.6 is 0 Å². The van der Waals surface area contributed by atoms with Crippen LogP contribution in [0.2, 0.25) is 0 Å². The molecule has 0 aliphatic heterocycles. The second-order valence-electron chi connectivity index (χ2n) is 4.77. The van der Waals surface area contributed by atoms with Crippen LogP contribution in [0.15, 0.2) is 24.3 Å². The number of rotatable bonds is 3. The molecule has 0 spiro atoms. The van der Waals surface area contributed by atoms with Crippen LogP contribution in [0.4, 0.5) is 10.1 Å². The largest absolute Gasteiger partial charge is 0.381 e. The van der Waals surface area contributed by atoms with Crippen LogP contribution < -0.4 is 5.32 Å². The molecule has 18 heavy (non-hydrogen) atoms. The summed E-state index contributed by atoms with van der Waals surface area (Å²) < 4.78 is 15.3. The Bertz CT molecular complexity index is 570. The van der Waals surface area contributed by atoms with E-state index in [1.165, 1.54) is 23.0 Å². The van der Waals surface area contributed by atoms with E-state index in [9.17, 15) is 4.39 Å². The molecule has 0 atom stereocenters. The minimum absolute atomic E-state index is 0.160. The van der Waals surface area contributed by atoms with E-state index in [4.69, 9.17) is 0 Å². The Morgan fingerprint density at radius 2 is 1.89 bits per heavy atom. The summed E-state index contributed by atoms with van der Waals surface area (Å²) in [5, 5.41) is 3.33. The molecule has 0 radical (unpaired) electrons. The SMILES string of the molecule is Cc1cc(NCc2cc(C)n(C)c2C)ccc1F. The number of benzene rings is 1. The van der Waals surface area contributed by atoms with Gasteiger partial charge in [0.05, 0.1) is 0 Å². The Morgan fingerprint density at radius 3 is 2.44 bits per heavy atom. The van der Waals surface area contributed by atoms with Gasteiger partial charge in [-0.3, -0.25) is 0 Å². The molecule has 3 heteroatoms. The van der Waals surface area contributed by atoms with Gasteiger partial charge in [0.1, 0.15) is 5.82 Å². The van der Waals surface area contributed by atoms with Crippen molar-refractivity contribution in [2.45, 2.75) is 27.3 Å². The number of aromatic nitrogens is 1. The fraction of sp³-hybridized carbons (Fsp3) is 0.333. The van der Waals surface area contributed by atoms with Crippen LogP contribution in [0, 0.1) is 26.6 Å². The lowest BCUT2D eigenvalue weighted by Crippen LogP contribution is -2.02. The Balaban J connectivity index is 2.11. The molecule has 96 valence electrons. The number of nitrogens with zero attached hydrogens (tertiary/aromatic N) is 1. The summed E-state index contributed by atoms with van der Waals surface area (Å²) in [7, 11) is 2.07. The van der Waals surface area contributed by atoms with Crippen LogP contribution in [0.5, 0.6) is 0 Å². The fourth-order valence-corrected chi connectivity index (χ4v) is 2.06. The van der Waals surface area contributed by atoms with Crippen molar-refractivity contribution in [2.75, 3.05) is 5.32 Å².